The van der Waals surface area contributed by atoms with Gasteiger partial charge >= 0.3 is 5.69 Å². The molecule has 0 spiro atoms. The second-order valence-electron chi connectivity index (χ2n) is 5.20. The number of nitriles is 1. The Morgan fingerprint density at radius 3 is 2.58 bits per heavy atom. The summed E-state index contributed by atoms with van der Waals surface area (Å²) in [6.45, 7) is 4.41. The maximum absolute atomic E-state index is 11.2. The molecule has 1 heterocycles. The van der Waals surface area contributed by atoms with Crippen molar-refractivity contribution < 1.29 is 4.92 Å². The first-order chi connectivity index (χ1) is 9.06. The Morgan fingerprint density at radius 2 is 2.16 bits per heavy atom. The fraction of sp³-hybridized carbons (Fsp3) is 0.692. The molecule has 1 fully saturated rings. The monoisotopic (exact) mass is 262 g/mol. The number of rotatable bonds is 6. The van der Waals surface area contributed by atoms with Crippen molar-refractivity contribution in [1.82, 2.24) is 9.78 Å². The summed E-state index contributed by atoms with van der Waals surface area (Å²) >= 11 is 0. The van der Waals surface area contributed by atoms with Crippen molar-refractivity contribution in [1.29, 1.82) is 5.26 Å². The second kappa shape index (κ2) is 5.00. The van der Waals surface area contributed by atoms with Gasteiger partial charge in [-0.15, -0.1) is 0 Å². The van der Waals surface area contributed by atoms with Crippen molar-refractivity contribution in [3.63, 3.8) is 0 Å². The number of hydrogen-bond donors (Lipinski definition) is 0. The lowest BCUT2D eigenvalue weighted by molar-refractivity contribution is -0.386. The molecule has 0 aromatic carbocycles. The third-order valence-electron chi connectivity index (χ3n) is 3.85. The molecule has 0 atom stereocenters. The van der Waals surface area contributed by atoms with Crippen LogP contribution in [0.1, 0.15) is 44.5 Å². The van der Waals surface area contributed by atoms with E-state index < -0.39 is 0 Å². The molecule has 102 valence electrons. The number of nitro groups is 1. The van der Waals surface area contributed by atoms with E-state index in [-0.39, 0.29) is 16.0 Å². The van der Waals surface area contributed by atoms with Crippen LogP contribution >= 0.6 is 0 Å². The first-order valence-corrected chi connectivity index (χ1v) is 6.66. The summed E-state index contributed by atoms with van der Waals surface area (Å²) in [5, 5.41) is 24.4. The van der Waals surface area contributed by atoms with Gasteiger partial charge in [-0.1, -0.05) is 13.8 Å². The van der Waals surface area contributed by atoms with Crippen LogP contribution in [-0.4, -0.2) is 14.7 Å². The Morgan fingerprint density at radius 1 is 1.47 bits per heavy atom. The molecule has 1 aliphatic rings. The lowest BCUT2D eigenvalue weighted by Gasteiger charge is -2.12. The van der Waals surface area contributed by atoms with Crippen molar-refractivity contribution >= 4 is 5.69 Å². The Labute approximate surface area is 112 Å². The van der Waals surface area contributed by atoms with E-state index >= 15 is 0 Å². The van der Waals surface area contributed by atoms with Gasteiger partial charge in [-0.25, -0.2) is 0 Å². The highest BCUT2D eigenvalue weighted by atomic mass is 16.6. The van der Waals surface area contributed by atoms with Crippen LogP contribution in [0, 0.1) is 26.9 Å². The van der Waals surface area contributed by atoms with Gasteiger partial charge in [0.1, 0.15) is 11.4 Å². The standard InChI is InChI=1S/C13H18N4O2/c1-3-10-12(17(18)19)11(4-2)16(15-10)9-13(5-6-13)7-8-14/h3-7,9H2,1-2H3. The summed E-state index contributed by atoms with van der Waals surface area (Å²) in [6.07, 6.45) is 3.68. The van der Waals surface area contributed by atoms with E-state index in [0.29, 0.717) is 37.2 Å². The zero-order chi connectivity index (χ0) is 14.0. The van der Waals surface area contributed by atoms with Gasteiger partial charge in [0.15, 0.2) is 0 Å². The fourth-order valence-corrected chi connectivity index (χ4v) is 2.52. The van der Waals surface area contributed by atoms with Crippen molar-refractivity contribution in [2.24, 2.45) is 5.41 Å². The molecule has 1 saturated carbocycles. The van der Waals surface area contributed by atoms with Crippen LogP contribution in [0.5, 0.6) is 0 Å². The molecule has 1 aromatic rings. The van der Waals surface area contributed by atoms with Crippen LogP contribution in [-0.2, 0) is 19.4 Å². The molecule has 0 unspecified atom stereocenters. The van der Waals surface area contributed by atoms with Gasteiger partial charge in [0.2, 0.25) is 0 Å². The van der Waals surface area contributed by atoms with Crippen LogP contribution in [0.15, 0.2) is 0 Å². The van der Waals surface area contributed by atoms with Gasteiger partial charge in [0, 0.05) is 18.4 Å². The predicted octanol–water partition coefficient (Wildman–Crippen LogP) is 2.61. The van der Waals surface area contributed by atoms with Crippen molar-refractivity contribution in [3.05, 3.63) is 21.5 Å². The molecular weight excluding hydrogens is 244 g/mol. The zero-order valence-electron chi connectivity index (χ0n) is 11.3. The Kier molecular flexibility index (Phi) is 3.56. The highest BCUT2D eigenvalue weighted by Gasteiger charge is 2.44. The Hall–Kier alpha value is -1.90. The number of hydrogen-bond acceptors (Lipinski definition) is 4. The molecule has 2 rings (SSSR count). The minimum Gasteiger partial charge on any atom is -0.262 e. The normalized spacial score (nSPS) is 16.1. The number of nitrogens with zero attached hydrogens (tertiary/aromatic N) is 4. The maximum Gasteiger partial charge on any atom is 0.313 e. The molecule has 0 saturated heterocycles. The molecule has 0 aliphatic heterocycles. The molecule has 0 radical (unpaired) electrons. The molecule has 0 bridgehead atoms. The van der Waals surface area contributed by atoms with Crippen molar-refractivity contribution in [2.45, 2.75) is 52.5 Å². The highest BCUT2D eigenvalue weighted by molar-refractivity contribution is 5.41. The van der Waals surface area contributed by atoms with Gasteiger partial charge in [0.05, 0.1) is 11.0 Å². The van der Waals surface area contributed by atoms with Gasteiger partial charge in [0.25, 0.3) is 0 Å². The van der Waals surface area contributed by atoms with Crippen LogP contribution in [0.25, 0.3) is 0 Å². The summed E-state index contributed by atoms with van der Waals surface area (Å²) in [5.41, 5.74) is 1.40. The SMILES string of the molecule is CCc1nn(CC2(CC#N)CC2)c(CC)c1[N+](=O)[O-]. The molecule has 1 aromatic heterocycles. The van der Waals surface area contributed by atoms with E-state index in [1.165, 1.54) is 0 Å². The van der Waals surface area contributed by atoms with E-state index in [0.717, 1.165) is 12.8 Å². The molecule has 6 nitrogen and oxygen atoms in total. The molecule has 0 N–H and O–H groups in total. The van der Waals surface area contributed by atoms with Crippen molar-refractivity contribution in [2.75, 3.05) is 0 Å². The van der Waals surface area contributed by atoms with E-state index in [4.69, 9.17) is 5.26 Å². The van der Waals surface area contributed by atoms with Gasteiger partial charge < -0.3 is 0 Å². The number of aromatic nitrogens is 2. The number of aryl methyl sites for hydroxylation is 1. The fourth-order valence-electron chi connectivity index (χ4n) is 2.52. The minimum absolute atomic E-state index is 0.00354. The summed E-state index contributed by atoms with van der Waals surface area (Å²) < 4.78 is 1.77. The van der Waals surface area contributed by atoms with Crippen LogP contribution in [0.2, 0.25) is 0 Å². The van der Waals surface area contributed by atoms with E-state index in [1.807, 2.05) is 13.8 Å². The average molecular weight is 262 g/mol. The van der Waals surface area contributed by atoms with Crippen LogP contribution < -0.4 is 0 Å². The zero-order valence-corrected chi connectivity index (χ0v) is 11.3. The summed E-state index contributed by atoms with van der Waals surface area (Å²) in [7, 11) is 0. The van der Waals surface area contributed by atoms with Crippen molar-refractivity contribution in [3.8, 4) is 6.07 Å². The van der Waals surface area contributed by atoms with Gasteiger partial charge in [-0.3, -0.25) is 14.8 Å². The third-order valence-corrected chi connectivity index (χ3v) is 3.85. The summed E-state index contributed by atoms with van der Waals surface area (Å²) in [5.74, 6) is 0. The lowest BCUT2D eigenvalue weighted by atomic mass is 10.0. The minimum atomic E-state index is -0.328. The Bertz CT molecular complexity index is 538. The average Bonchev–Trinajstić information content (AvgIpc) is 3.02. The van der Waals surface area contributed by atoms with Gasteiger partial charge in [-0.05, 0) is 25.7 Å². The topological polar surface area (TPSA) is 84.8 Å². The van der Waals surface area contributed by atoms with E-state index in [9.17, 15) is 10.1 Å². The van der Waals surface area contributed by atoms with E-state index in [1.54, 1.807) is 4.68 Å². The maximum atomic E-state index is 11.2. The lowest BCUT2D eigenvalue weighted by Crippen LogP contribution is -2.15. The first kappa shape index (κ1) is 13.5. The summed E-state index contributed by atoms with van der Waals surface area (Å²) in [6, 6.07) is 2.21. The van der Waals surface area contributed by atoms with E-state index in [2.05, 4.69) is 11.2 Å². The molecule has 19 heavy (non-hydrogen) atoms. The Balaban J connectivity index is 2.36. The molecule has 1 aliphatic carbocycles. The van der Waals surface area contributed by atoms with Gasteiger partial charge in [-0.2, -0.15) is 10.4 Å². The predicted molar refractivity (Wildman–Crippen MR) is 69.5 cm³/mol. The first-order valence-electron chi connectivity index (χ1n) is 6.66. The highest BCUT2D eigenvalue weighted by Crippen LogP contribution is 2.50. The molecular formula is C13H18N4O2. The third kappa shape index (κ3) is 2.46. The summed E-state index contributed by atoms with van der Waals surface area (Å²) in [4.78, 5) is 10.9. The smallest absolute Gasteiger partial charge is 0.262 e. The second-order valence-corrected chi connectivity index (χ2v) is 5.20. The van der Waals surface area contributed by atoms with Crippen LogP contribution in [0.3, 0.4) is 0 Å². The van der Waals surface area contributed by atoms with Crippen LogP contribution in [0.4, 0.5) is 5.69 Å². The molecule has 0 amide bonds. The quantitative estimate of drug-likeness (QED) is 0.582. The molecule has 6 heteroatoms. The largest absolute Gasteiger partial charge is 0.313 e.